The van der Waals surface area contributed by atoms with Gasteiger partial charge in [0.2, 0.25) is 0 Å². The fourth-order valence-electron chi connectivity index (χ4n) is 2.31. The SMILES string of the molecule is Cc1ccc(S(=O)(=O)O)cc1.Oc1ccccc1NCC1CNCCO1. The average Bonchev–Trinajstić information content (AvgIpc) is 2.62. The van der Waals surface area contributed by atoms with E-state index in [1.54, 1.807) is 24.3 Å². The highest BCUT2D eigenvalue weighted by Crippen LogP contribution is 2.21. The third-order valence-electron chi connectivity index (χ3n) is 3.75. The Hall–Kier alpha value is -2.13. The second kappa shape index (κ2) is 9.54. The van der Waals surface area contributed by atoms with E-state index in [0.29, 0.717) is 6.54 Å². The van der Waals surface area contributed by atoms with Gasteiger partial charge in [-0.2, -0.15) is 8.42 Å². The largest absolute Gasteiger partial charge is 0.506 e. The van der Waals surface area contributed by atoms with E-state index in [1.165, 1.54) is 12.1 Å². The van der Waals surface area contributed by atoms with E-state index in [9.17, 15) is 13.5 Å². The summed E-state index contributed by atoms with van der Waals surface area (Å²) in [6.07, 6.45) is 0.179. The molecular formula is C18H24N2O5S. The Bertz CT molecular complexity index is 787. The van der Waals surface area contributed by atoms with E-state index in [1.807, 2.05) is 19.1 Å². The van der Waals surface area contributed by atoms with Crippen LogP contribution in [-0.2, 0) is 14.9 Å². The third-order valence-corrected chi connectivity index (χ3v) is 4.62. The van der Waals surface area contributed by atoms with Crippen LogP contribution in [-0.4, -0.2) is 50.4 Å². The van der Waals surface area contributed by atoms with Gasteiger partial charge < -0.3 is 20.5 Å². The second-order valence-electron chi connectivity index (χ2n) is 5.88. The molecule has 1 saturated heterocycles. The van der Waals surface area contributed by atoms with Gasteiger partial charge in [0.15, 0.2) is 0 Å². The summed E-state index contributed by atoms with van der Waals surface area (Å²) in [6.45, 7) is 5.10. The molecule has 0 saturated carbocycles. The number of hydrogen-bond acceptors (Lipinski definition) is 6. The van der Waals surface area contributed by atoms with Crippen molar-refractivity contribution >= 4 is 15.8 Å². The Balaban J connectivity index is 0.000000197. The van der Waals surface area contributed by atoms with E-state index in [-0.39, 0.29) is 16.7 Å². The van der Waals surface area contributed by atoms with Crippen LogP contribution in [0.2, 0.25) is 0 Å². The maximum absolute atomic E-state index is 10.5. The number of anilines is 1. The normalized spacial score (nSPS) is 17.1. The summed E-state index contributed by atoms with van der Waals surface area (Å²) in [5.41, 5.74) is 1.71. The minimum Gasteiger partial charge on any atom is -0.506 e. The number of morpholine rings is 1. The lowest BCUT2D eigenvalue weighted by molar-refractivity contribution is 0.0372. The Morgan fingerprint density at radius 3 is 2.46 bits per heavy atom. The van der Waals surface area contributed by atoms with Crippen molar-refractivity contribution in [2.24, 2.45) is 0 Å². The monoisotopic (exact) mass is 380 g/mol. The molecule has 4 N–H and O–H groups in total. The number of nitrogens with one attached hydrogen (secondary N) is 2. The van der Waals surface area contributed by atoms with Crippen molar-refractivity contribution in [3.05, 3.63) is 54.1 Å². The van der Waals surface area contributed by atoms with Gasteiger partial charge in [-0.05, 0) is 31.2 Å². The summed E-state index contributed by atoms with van der Waals surface area (Å²) >= 11 is 0. The molecule has 2 aromatic rings. The van der Waals surface area contributed by atoms with Crippen molar-refractivity contribution < 1.29 is 22.8 Å². The van der Waals surface area contributed by atoms with Crippen LogP contribution in [0.3, 0.4) is 0 Å². The van der Waals surface area contributed by atoms with Crippen LogP contribution in [0.15, 0.2) is 53.4 Å². The van der Waals surface area contributed by atoms with Gasteiger partial charge in [0, 0.05) is 19.6 Å². The maximum atomic E-state index is 10.5. The fourth-order valence-corrected chi connectivity index (χ4v) is 2.79. The quantitative estimate of drug-likeness (QED) is 0.475. The van der Waals surface area contributed by atoms with Crippen molar-refractivity contribution in [2.75, 3.05) is 31.6 Å². The van der Waals surface area contributed by atoms with Gasteiger partial charge in [-0.1, -0.05) is 29.8 Å². The van der Waals surface area contributed by atoms with E-state index >= 15 is 0 Å². The fraction of sp³-hybridized carbons (Fsp3) is 0.333. The smallest absolute Gasteiger partial charge is 0.294 e. The van der Waals surface area contributed by atoms with E-state index in [0.717, 1.165) is 30.9 Å². The first-order chi connectivity index (χ1) is 12.4. The Morgan fingerprint density at radius 2 is 1.88 bits per heavy atom. The summed E-state index contributed by atoms with van der Waals surface area (Å²) in [6, 6.07) is 13.2. The molecule has 0 spiro atoms. The van der Waals surface area contributed by atoms with Gasteiger partial charge in [0.05, 0.1) is 23.3 Å². The molecule has 0 aliphatic carbocycles. The number of aromatic hydroxyl groups is 1. The van der Waals surface area contributed by atoms with E-state index in [4.69, 9.17) is 9.29 Å². The molecular weight excluding hydrogens is 356 g/mol. The summed E-state index contributed by atoms with van der Waals surface area (Å²) in [4.78, 5) is -0.0666. The van der Waals surface area contributed by atoms with Gasteiger partial charge in [0.1, 0.15) is 5.75 Å². The van der Waals surface area contributed by atoms with Gasteiger partial charge in [-0.3, -0.25) is 4.55 Å². The zero-order valence-corrected chi connectivity index (χ0v) is 15.4. The molecule has 1 unspecified atom stereocenters. The molecule has 0 amide bonds. The molecule has 1 aliphatic rings. The van der Waals surface area contributed by atoms with Gasteiger partial charge in [-0.15, -0.1) is 0 Å². The minimum absolute atomic E-state index is 0.0666. The third kappa shape index (κ3) is 6.64. The zero-order chi connectivity index (χ0) is 19.0. The van der Waals surface area contributed by atoms with Crippen LogP contribution in [0.5, 0.6) is 5.75 Å². The van der Waals surface area contributed by atoms with Crippen molar-refractivity contribution in [3.8, 4) is 5.75 Å². The lowest BCUT2D eigenvalue weighted by atomic mass is 10.2. The Kier molecular flexibility index (Phi) is 7.40. The molecule has 0 aromatic heterocycles. The molecule has 7 nitrogen and oxygen atoms in total. The first kappa shape index (κ1) is 20.2. The molecule has 0 bridgehead atoms. The molecule has 2 aromatic carbocycles. The van der Waals surface area contributed by atoms with Crippen molar-refractivity contribution in [1.29, 1.82) is 0 Å². The average molecular weight is 380 g/mol. The summed E-state index contributed by atoms with van der Waals surface area (Å²) in [5.74, 6) is 0.279. The van der Waals surface area contributed by atoms with Crippen LogP contribution >= 0.6 is 0 Å². The number of benzene rings is 2. The number of hydrogen-bond donors (Lipinski definition) is 4. The molecule has 1 fully saturated rings. The topological polar surface area (TPSA) is 108 Å². The number of para-hydroxylation sites is 2. The molecule has 142 valence electrons. The van der Waals surface area contributed by atoms with E-state index in [2.05, 4.69) is 10.6 Å². The maximum Gasteiger partial charge on any atom is 0.294 e. The summed E-state index contributed by atoms with van der Waals surface area (Å²) in [7, 11) is -4.02. The van der Waals surface area contributed by atoms with Crippen molar-refractivity contribution in [2.45, 2.75) is 17.9 Å². The predicted octanol–water partition coefficient (Wildman–Crippen LogP) is 2.03. The Labute approximate surface area is 153 Å². The number of rotatable bonds is 4. The number of ether oxygens (including phenoxy) is 1. The van der Waals surface area contributed by atoms with E-state index < -0.39 is 10.1 Å². The molecule has 3 rings (SSSR count). The first-order valence-electron chi connectivity index (χ1n) is 8.24. The highest BCUT2D eigenvalue weighted by Gasteiger charge is 2.13. The molecule has 26 heavy (non-hydrogen) atoms. The zero-order valence-electron chi connectivity index (χ0n) is 14.6. The first-order valence-corrected chi connectivity index (χ1v) is 9.68. The van der Waals surface area contributed by atoms with Crippen LogP contribution < -0.4 is 10.6 Å². The van der Waals surface area contributed by atoms with Crippen molar-refractivity contribution in [3.63, 3.8) is 0 Å². The molecule has 0 radical (unpaired) electrons. The van der Waals surface area contributed by atoms with Gasteiger partial charge in [0.25, 0.3) is 10.1 Å². The summed E-state index contributed by atoms with van der Waals surface area (Å²) < 4.78 is 35.1. The molecule has 1 atom stereocenters. The highest BCUT2D eigenvalue weighted by atomic mass is 32.2. The van der Waals surface area contributed by atoms with Gasteiger partial charge in [-0.25, -0.2) is 0 Å². The lowest BCUT2D eigenvalue weighted by Crippen LogP contribution is -2.42. The second-order valence-corrected chi connectivity index (χ2v) is 7.30. The van der Waals surface area contributed by atoms with Crippen LogP contribution in [0.25, 0.3) is 0 Å². The highest BCUT2D eigenvalue weighted by molar-refractivity contribution is 7.85. The molecule has 1 heterocycles. The standard InChI is InChI=1S/C11H16N2O2.C7H8O3S/c14-11-4-2-1-3-10(11)13-8-9-7-12-5-6-15-9;1-6-2-4-7(5-3-6)11(8,9)10/h1-4,9,12-14H,5-8H2;2-5H,1H3,(H,8,9,10). The lowest BCUT2D eigenvalue weighted by Gasteiger charge is -2.24. The van der Waals surface area contributed by atoms with Crippen molar-refractivity contribution in [1.82, 2.24) is 5.32 Å². The van der Waals surface area contributed by atoms with Gasteiger partial charge >= 0.3 is 0 Å². The minimum atomic E-state index is -4.02. The number of phenols is 1. The Morgan fingerprint density at radius 1 is 1.19 bits per heavy atom. The molecule has 1 aliphatic heterocycles. The predicted molar refractivity (Wildman–Crippen MR) is 100 cm³/mol. The number of phenolic OH excluding ortho intramolecular Hbond substituents is 1. The molecule has 8 heteroatoms. The van der Waals surface area contributed by atoms with Crippen LogP contribution in [0.4, 0.5) is 5.69 Å². The number of aryl methyl sites for hydroxylation is 1. The summed E-state index contributed by atoms with van der Waals surface area (Å²) in [5, 5.41) is 15.9. The van der Waals surface area contributed by atoms with Crippen LogP contribution in [0, 0.1) is 6.92 Å². The van der Waals surface area contributed by atoms with Crippen LogP contribution in [0.1, 0.15) is 5.56 Å².